The number of carbonyl (C=O) groups is 4. The summed E-state index contributed by atoms with van der Waals surface area (Å²) in [6.07, 6.45) is 5.20. The van der Waals surface area contributed by atoms with E-state index in [0.29, 0.717) is 28.5 Å². The van der Waals surface area contributed by atoms with Gasteiger partial charge in [0, 0.05) is 80.4 Å². The molecule has 1 atom stereocenters. The zero-order chi connectivity index (χ0) is 41.4. The summed E-state index contributed by atoms with van der Waals surface area (Å²) >= 11 is 0. The van der Waals surface area contributed by atoms with Crippen LogP contribution in [0.5, 0.6) is 11.5 Å². The topological polar surface area (TPSA) is 187 Å². The maximum absolute atomic E-state index is 14.7. The van der Waals surface area contributed by atoms with Gasteiger partial charge in [0.15, 0.2) is 0 Å². The summed E-state index contributed by atoms with van der Waals surface area (Å²) in [6.45, 7) is 14.6. The van der Waals surface area contributed by atoms with Crippen molar-refractivity contribution in [2.45, 2.75) is 71.6 Å². The minimum Gasteiger partial charge on any atom is -0.495 e. The minimum atomic E-state index is -0.824. The van der Waals surface area contributed by atoms with Crippen molar-refractivity contribution in [2.75, 3.05) is 62.7 Å². The van der Waals surface area contributed by atoms with Crippen LogP contribution in [0, 0.1) is 28.1 Å². The monoisotopic (exact) mass is 791 g/mol. The second kappa shape index (κ2) is 16.2. The second-order valence-corrected chi connectivity index (χ2v) is 17.1. The molecule has 4 heterocycles. The fourth-order valence-corrected chi connectivity index (χ4v) is 9.96. The summed E-state index contributed by atoms with van der Waals surface area (Å²) in [5.74, 6) is 0.637. The number of rotatable bonds is 11. The van der Waals surface area contributed by atoms with Gasteiger partial charge in [0.25, 0.3) is 11.8 Å². The number of methoxy groups -OCH3 is 1. The van der Waals surface area contributed by atoms with Crippen LogP contribution in [-0.2, 0) is 9.59 Å². The summed E-state index contributed by atoms with van der Waals surface area (Å²) in [5, 5.41) is 11.9. The summed E-state index contributed by atoms with van der Waals surface area (Å²) in [7, 11) is 1.51. The Morgan fingerprint density at radius 2 is 1.62 bits per heavy atom. The molecule has 3 N–H and O–H groups in total. The van der Waals surface area contributed by atoms with Crippen LogP contribution in [-0.4, -0.2) is 115 Å². The molecule has 0 bridgehead atoms. The number of nitriles is 1. The molecule has 2 aromatic carbocycles. The Balaban J connectivity index is 0.991. The summed E-state index contributed by atoms with van der Waals surface area (Å²) in [5.41, 5.74) is 6.19. The number of piperidine rings is 2. The average molecular weight is 792 g/mol. The maximum Gasteiger partial charge on any atom is 0.268 e. The van der Waals surface area contributed by atoms with Crippen molar-refractivity contribution in [3.05, 3.63) is 71.7 Å². The van der Waals surface area contributed by atoms with Crippen LogP contribution in [0.15, 0.2) is 54.9 Å². The van der Waals surface area contributed by atoms with E-state index in [1.807, 2.05) is 52.0 Å². The molecule has 0 unspecified atom stereocenters. The molecule has 4 aliphatic rings. The third kappa shape index (κ3) is 7.90. The van der Waals surface area contributed by atoms with Crippen LogP contribution in [0.3, 0.4) is 0 Å². The van der Waals surface area contributed by atoms with Gasteiger partial charge < -0.3 is 29.9 Å². The SMILES string of the molecule is COc1cc(OC2C(C)(C)C(N(C(=O)c3ccc(N4CCC(CN5CCN(c6cnc(C(N)=O)cn6)CC5)CC4)cc3)[C@H]3CCC(=O)NC3=O)C2(C)C)ccc1C#N. The predicted octanol–water partition coefficient (Wildman–Crippen LogP) is 3.62. The molecule has 58 heavy (non-hydrogen) atoms. The van der Waals surface area contributed by atoms with E-state index in [9.17, 15) is 24.4 Å². The first-order chi connectivity index (χ1) is 27.7. The van der Waals surface area contributed by atoms with Gasteiger partial charge in [0.1, 0.15) is 41.2 Å². The number of carbonyl (C=O) groups excluding carboxylic acids is 4. The van der Waals surface area contributed by atoms with E-state index in [2.05, 4.69) is 36.1 Å². The number of aromatic nitrogens is 2. The minimum absolute atomic E-state index is 0.146. The van der Waals surface area contributed by atoms with Crippen molar-refractivity contribution in [1.82, 2.24) is 25.1 Å². The van der Waals surface area contributed by atoms with Crippen LogP contribution >= 0.6 is 0 Å². The molecule has 1 saturated carbocycles. The summed E-state index contributed by atoms with van der Waals surface area (Å²) in [6, 6.07) is 13.7. The fraction of sp³-hybridized carbons (Fsp3) is 0.512. The summed E-state index contributed by atoms with van der Waals surface area (Å²) < 4.78 is 12.0. The van der Waals surface area contributed by atoms with Gasteiger partial charge in [0.05, 0.1) is 31.1 Å². The molecule has 0 spiro atoms. The number of primary amides is 1. The number of hydrogen-bond acceptors (Lipinski definition) is 12. The highest BCUT2D eigenvalue weighted by atomic mass is 16.5. The van der Waals surface area contributed by atoms with E-state index >= 15 is 0 Å². The third-order valence-corrected chi connectivity index (χ3v) is 12.6. The number of imide groups is 1. The molecule has 3 saturated heterocycles. The zero-order valence-corrected chi connectivity index (χ0v) is 33.9. The van der Waals surface area contributed by atoms with Crippen LogP contribution in [0.2, 0.25) is 0 Å². The normalized spacial score (nSPS) is 23.3. The second-order valence-electron chi connectivity index (χ2n) is 17.1. The average Bonchev–Trinajstić information content (AvgIpc) is 3.22. The Bertz CT molecular complexity index is 2050. The van der Waals surface area contributed by atoms with Crippen molar-refractivity contribution in [2.24, 2.45) is 22.5 Å². The molecule has 15 nitrogen and oxygen atoms in total. The summed E-state index contributed by atoms with van der Waals surface area (Å²) in [4.78, 5) is 69.0. The number of piperazine rings is 1. The van der Waals surface area contributed by atoms with Gasteiger partial charge in [-0.3, -0.25) is 29.4 Å². The van der Waals surface area contributed by atoms with E-state index in [0.717, 1.165) is 70.2 Å². The van der Waals surface area contributed by atoms with Crippen molar-refractivity contribution in [3.8, 4) is 17.6 Å². The molecule has 15 heteroatoms. The number of nitrogens with zero attached hydrogens (tertiary/aromatic N) is 7. The first-order valence-electron chi connectivity index (χ1n) is 20.1. The lowest BCUT2D eigenvalue weighted by Crippen LogP contribution is -2.77. The Labute approximate surface area is 339 Å². The molecule has 306 valence electrons. The van der Waals surface area contributed by atoms with Gasteiger partial charge in [-0.25, -0.2) is 9.97 Å². The highest BCUT2D eigenvalue weighted by Crippen LogP contribution is 2.59. The van der Waals surface area contributed by atoms with Gasteiger partial charge >= 0.3 is 0 Å². The number of anilines is 2. The van der Waals surface area contributed by atoms with E-state index in [1.54, 1.807) is 29.3 Å². The highest BCUT2D eigenvalue weighted by molar-refractivity contribution is 6.04. The number of hydrogen-bond donors (Lipinski definition) is 2. The van der Waals surface area contributed by atoms with Crippen LogP contribution in [0.1, 0.15) is 79.8 Å². The molecule has 3 aromatic rings. The molecular weight excluding hydrogens is 739 g/mol. The quantitative estimate of drug-likeness (QED) is 0.269. The molecular formula is C43H53N9O6. The molecule has 4 fully saturated rings. The largest absolute Gasteiger partial charge is 0.495 e. The first-order valence-corrected chi connectivity index (χ1v) is 20.1. The Morgan fingerprint density at radius 3 is 2.21 bits per heavy atom. The van der Waals surface area contributed by atoms with Gasteiger partial charge in [-0.05, 0) is 61.6 Å². The Hall–Kier alpha value is -5.75. The van der Waals surface area contributed by atoms with Crippen LogP contribution < -0.4 is 30.3 Å². The number of amides is 4. The zero-order valence-electron chi connectivity index (χ0n) is 33.9. The lowest BCUT2D eigenvalue weighted by Gasteiger charge is -2.66. The van der Waals surface area contributed by atoms with Gasteiger partial charge in [-0.2, -0.15) is 5.26 Å². The van der Waals surface area contributed by atoms with Crippen molar-refractivity contribution in [1.29, 1.82) is 5.26 Å². The number of ether oxygens (including phenoxy) is 2. The van der Waals surface area contributed by atoms with Gasteiger partial charge in [-0.1, -0.05) is 27.7 Å². The lowest BCUT2D eigenvalue weighted by molar-refractivity contribution is -0.206. The Morgan fingerprint density at radius 1 is 0.931 bits per heavy atom. The number of nitrogens with two attached hydrogens (primary N) is 1. The Kier molecular flexibility index (Phi) is 11.3. The van der Waals surface area contributed by atoms with E-state index in [1.165, 1.54) is 13.3 Å². The van der Waals surface area contributed by atoms with Crippen molar-refractivity contribution >= 4 is 35.1 Å². The van der Waals surface area contributed by atoms with E-state index in [4.69, 9.17) is 15.2 Å². The molecule has 3 aliphatic heterocycles. The third-order valence-electron chi connectivity index (χ3n) is 12.6. The number of nitrogens with one attached hydrogen (secondary N) is 1. The molecule has 1 aromatic heterocycles. The standard InChI is InChI=1S/C43H53N9O6/c1-42(2)40(43(3,4)41(42)58-31-11-8-29(23-44)34(22-31)57-5)52(33-12-13-36(53)48-38(33)55)39(56)28-6-9-30(10-7-28)50-16-14-27(15-17-50)26-49-18-20-51(21-19-49)35-25-46-32(24-47-35)37(45)54/h6-11,22,24-25,27,33,40-41H,12-21,26H2,1-5H3,(H2,45,54)(H,48,53,55)/t33-,40?,41?/m0/s1. The van der Waals surface area contributed by atoms with Gasteiger partial charge in [0.2, 0.25) is 11.8 Å². The predicted molar refractivity (Wildman–Crippen MR) is 216 cm³/mol. The molecule has 0 radical (unpaired) electrons. The van der Waals surface area contributed by atoms with Gasteiger partial charge in [-0.15, -0.1) is 0 Å². The van der Waals surface area contributed by atoms with Crippen molar-refractivity contribution in [3.63, 3.8) is 0 Å². The van der Waals surface area contributed by atoms with Crippen LogP contribution in [0.4, 0.5) is 11.5 Å². The van der Waals surface area contributed by atoms with E-state index in [-0.39, 0.29) is 36.5 Å². The maximum atomic E-state index is 14.7. The van der Waals surface area contributed by atoms with E-state index < -0.39 is 34.7 Å². The van der Waals surface area contributed by atoms with Crippen LogP contribution in [0.25, 0.3) is 0 Å². The molecule has 4 amide bonds. The highest BCUT2D eigenvalue weighted by Gasteiger charge is 2.67. The number of benzene rings is 2. The fourth-order valence-electron chi connectivity index (χ4n) is 9.96. The molecule has 1 aliphatic carbocycles. The van der Waals surface area contributed by atoms with Crippen molar-refractivity contribution < 1.29 is 28.7 Å². The first kappa shape index (κ1) is 40.4. The smallest absolute Gasteiger partial charge is 0.268 e. The lowest BCUT2D eigenvalue weighted by atomic mass is 9.48. The molecule has 7 rings (SSSR count).